The highest BCUT2D eigenvalue weighted by Gasteiger charge is 2.22. The molecular weight excluding hydrogens is 212 g/mol. The second-order valence-corrected chi connectivity index (χ2v) is 3.43. The Kier molecular flexibility index (Phi) is 4.12. The molecule has 0 aliphatic rings. The van der Waals surface area contributed by atoms with Crippen molar-refractivity contribution in [3.05, 3.63) is 35.4 Å². The van der Waals surface area contributed by atoms with Crippen molar-refractivity contribution in [2.75, 3.05) is 0 Å². The summed E-state index contributed by atoms with van der Waals surface area (Å²) < 4.78 is 26.2. The molecule has 0 aliphatic carbocycles. The molecule has 0 fully saturated rings. The number of nitrogens with zero attached hydrogens (tertiary/aromatic N) is 1. The van der Waals surface area contributed by atoms with E-state index < -0.39 is 23.3 Å². The monoisotopic (exact) mass is 223 g/mol. The van der Waals surface area contributed by atoms with E-state index in [-0.39, 0.29) is 12.0 Å². The van der Waals surface area contributed by atoms with Crippen LogP contribution in [-0.2, 0) is 0 Å². The highest BCUT2D eigenvalue weighted by atomic mass is 19.2. The first-order valence-electron chi connectivity index (χ1n) is 4.97. The summed E-state index contributed by atoms with van der Waals surface area (Å²) in [6.45, 7) is 1.73. The highest BCUT2D eigenvalue weighted by Crippen LogP contribution is 2.19. The fourth-order valence-electron chi connectivity index (χ4n) is 1.45. The lowest BCUT2D eigenvalue weighted by atomic mass is 9.92. The Hall–Kier alpha value is -1.76. The van der Waals surface area contributed by atoms with Crippen LogP contribution >= 0.6 is 0 Å². The Morgan fingerprint density at radius 1 is 1.50 bits per heavy atom. The predicted octanol–water partition coefficient (Wildman–Crippen LogP) is 3.09. The number of hydrogen-bond donors (Lipinski definition) is 0. The summed E-state index contributed by atoms with van der Waals surface area (Å²) in [6, 6.07) is 5.34. The van der Waals surface area contributed by atoms with Crippen LogP contribution in [0.5, 0.6) is 0 Å². The van der Waals surface area contributed by atoms with E-state index in [1.165, 1.54) is 12.1 Å². The van der Waals surface area contributed by atoms with Gasteiger partial charge in [0.05, 0.1) is 11.6 Å². The van der Waals surface area contributed by atoms with E-state index >= 15 is 0 Å². The second-order valence-electron chi connectivity index (χ2n) is 3.43. The number of benzene rings is 1. The summed E-state index contributed by atoms with van der Waals surface area (Å²) in [6.07, 6.45) is 0.452. The quantitative estimate of drug-likeness (QED) is 0.736. The highest BCUT2D eigenvalue weighted by molar-refractivity contribution is 5.98. The van der Waals surface area contributed by atoms with E-state index in [1.54, 1.807) is 6.92 Å². The molecule has 0 aliphatic heterocycles. The molecule has 1 rings (SSSR count). The third-order valence-corrected chi connectivity index (χ3v) is 2.42. The number of halogens is 2. The average molecular weight is 223 g/mol. The van der Waals surface area contributed by atoms with Gasteiger partial charge in [0.1, 0.15) is 0 Å². The lowest BCUT2D eigenvalue weighted by Crippen LogP contribution is -2.15. The molecular formula is C12H11F2NO. The number of ketones is 1. The molecule has 0 N–H and O–H groups in total. The van der Waals surface area contributed by atoms with Crippen LogP contribution in [0.1, 0.15) is 30.1 Å². The maximum absolute atomic E-state index is 13.3. The first kappa shape index (κ1) is 12.3. The van der Waals surface area contributed by atoms with E-state index in [9.17, 15) is 13.6 Å². The number of carbonyl (C=O) groups is 1. The van der Waals surface area contributed by atoms with Crippen LogP contribution in [0.2, 0.25) is 0 Å². The first-order valence-corrected chi connectivity index (χ1v) is 4.97. The molecule has 0 bridgehead atoms. The van der Waals surface area contributed by atoms with Gasteiger partial charge < -0.3 is 0 Å². The normalized spacial score (nSPS) is 11.9. The number of rotatable bonds is 4. The molecule has 1 unspecified atom stereocenters. The smallest absolute Gasteiger partial charge is 0.170 e. The van der Waals surface area contributed by atoms with Crippen LogP contribution in [-0.4, -0.2) is 5.78 Å². The number of hydrogen-bond acceptors (Lipinski definition) is 2. The first-order chi connectivity index (χ1) is 7.61. The third-order valence-electron chi connectivity index (χ3n) is 2.42. The van der Waals surface area contributed by atoms with Gasteiger partial charge in [0.25, 0.3) is 0 Å². The van der Waals surface area contributed by atoms with Crippen LogP contribution in [0.15, 0.2) is 18.2 Å². The van der Waals surface area contributed by atoms with Gasteiger partial charge in [-0.2, -0.15) is 5.26 Å². The van der Waals surface area contributed by atoms with Gasteiger partial charge in [0.2, 0.25) is 0 Å². The van der Waals surface area contributed by atoms with Crippen molar-refractivity contribution in [3.63, 3.8) is 0 Å². The molecule has 0 saturated heterocycles. The minimum atomic E-state index is -1.14. The molecule has 0 saturated carbocycles. The number of carbonyl (C=O) groups excluding carboxylic acids is 1. The van der Waals surface area contributed by atoms with Crippen LogP contribution in [0, 0.1) is 28.9 Å². The fourth-order valence-corrected chi connectivity index (χ4v) is 1.45. The predicted molar refractivity (Wildman–Crippen MR) is 54.7 cm³/mol. The van der Waals surface area contributed by atoms with Crippen molar-refractivity contribution in [3.8, 4) is 6.07 Å². The molecule has 1 aromatic rings. The molecule has 0 amide bonds. The number of Topliss-reactive ketones (excluding diaryl/α,β-unsaturated/α-hetero) is 1. The van der Waals surface area contributed by atoms with Gasteiger partial charge in [0, 0.05) is 12.3 Å². The third kappa shape index (κ3) is 2.43. The molecule has 84 valence electrons. The van der Waals surface area contributed by atoms with Gasteiger partial charge in [-0.25, -0.2) is 8.78 Å². The van der Waals surface area contributed by atoms with Crippen molar-refractivity contribution in [1.82, 2.24) is 0 Å². The summed E-state index contributed by atoms with van der Waals surface area (Å²) in [7, 11) is 0. The van der Waals surface area contributed by atoms with Gasteiger partial charge in [-0.15, -0.1) is 0 Å². The van der Waals surface area contributed by atoms with Crippen LogP contribution in [0.3, 0.4) is 0 Å². The Balaban J connectivity index is 3.05. The molecule has 16 heavy (non-hydrogen) atoms. The van der Waals surface area contributed by atoms with E-state index in [2.05, 4.69) is 0 Å². The van der Waals surface area contributed by atoms with Gasteiger partial charge in [-0.1, -0.05) is 13.0 Å². The van der Waals surface area contributed by atoms with Crippen molar-refractivity contribution >= 4 is 5.78 Å². The molecule has 0 heterocycles. The lowest BCUT2D eigenvalue weighted by molar-refractivity contribution is 0.0913. The molecule has 0 aromatic heterocycles. The summed E-state index contributed by atoms with van der Waals surface area (Å²) >= 11 is 0. The summed E-state index contributed by atoms with van der Waals surface area (Å²) in [4.78, 5) is 11.8. The topological polar surface area (TPSA) is 40.9 Å². The average Bonchev–Trinajstić information content (AvgIpc) is 2.29. The molecule has 1 aromatic carbocycles. The minimum absolute atomic E-state index is 0.0191. The maximum Gasteiger partial charge on any atom is 0.170 e. The zero-order valence-corrected chi connectivity index (χ0v) is 8.84. The van der Waals surface area contributed by atoms with Crippen LogP contribution in [0.25, 0.3) is 0 Å². The SMILES string of the molecule is CCC(CC#N)C(=O)c1cccc(F)c1F. The largest absolute Gasteiger partial charge is 0.294 e. The van der Waals surface area contributed by atoms with Crippen molar-refractivity contribution in [2.24, 2.45) is 5.92 Å². The molecule has 4 heteroatoms. The summed E-state index contributed by atoms with van der Waals surface area (Å²) in [5.41, 5.74) is -0.276. The van der Waals surface area contributed by atoms with Crippen molar-refractivity contribution in [1.29, 1.82) is 5.26 Å². The van der Waals surface area contributed by atoms with Gasteiger partial charge in [0.15, 0.2) is 17.4 Å². The molecule has 0 spiro atoms. The van der Waals surface area contributed by atoms with E-state index in [1.807, 2.05) is 6.07 Å². The molecule has 2 nitrogen and oxygen atoms in total. The van der Waals surface area contributed by atoms with Crippen molar-refractivity contribution < 1.29 is 13.6 Å². The van der Waals surface area contributed by atoms with Crippen LogP contribution in [0.4, 0.5) is 8.78 Å². The summed E-state index contributed by atoms with van der Waals surface area (Å²) in [5.74, 6) is -3.26. The van der Waals surface area contributed by atoms with E-state index in [0.29, 0.717) is 6.42 Å². The van der Waals surface area contributed by atoms with Gasteiger partial charge in [-0.3, -0.25) is 4.79 Å². The van der Waals surface area contributed by atoms with E-state index in [4.69, 9.17) is 5.26 Å². The van der Waals surface area contributed by atoms with Gasteiger partial charge in [-0.05, 0) is 18.6 Å². The minimum Gasteiger partial charge on any atom is -0.294 e. The zero-order valence-electron chi connectivity index (χ0n) is 8.84. The van der Waals surface area contributed by atoms with Gasteiger partial charge >= 0.3 is 0 Å². The van der Waals surface area contributed by atoms with Crippen molar-refractivity contribution in [2.45, 2.75) is 19.8 Å². The fraction of sp³-hybridized carbons (Fsp3) is 0.333. The molecule has 1 atom stereocenters. The zero-order chi connectivity index (χ0) is 12.1. The summed E-state index contributed by atoms with van der Waals surface area (Å²) in [5, 5.41) is 8.52. The van der Waals surface area contributed by atoms with E-state index in [0.717, 1.165) is 6.07 Å². The number of nitriles is 1. The molecule has 0 radical (unpaired) electrons. The Bertz CT molecular complexity index is 437. The Morgan fingerprint density at radius 3 is 2.75 bits per heavy atom. The second kappa shape index (κ2) is 5.36. The standard InChI is InChI=1S/C12H11F2NO/c1-2-8(6-7-15)12(16)9-4-3-5-10(13)11(9)14/h3-5,8H,2,6H2,1H3. The Morgan fingerprint density at radius 2 is 2.19 bits per heavy atom. The van der Waals surface area contributed by atoms with Crippen LogP contribution < -0.4 is 0 Å². The Labute approximate surface area is 92.5 Å². The maximum atomic E-state index is 13.3. The lowest BCUT2D eigenvalue weighted by Gasteiger charge is -2.10.